The van der Waals surface area contributed by atoms with Gasteiger partial charge in [0.15, 0.2) is 10.6 Å². The molecule has 1 aliphatic heterocycles. The third-order valence-corrected chi connectivity index (χ3v) is 5.23. The van der Waals surface area contributed by atoms with E-state index in [-0.39, 0.29) is 18.3 Å². The summed E-state index contributed by atoms with van der Waals surface area (Å²) in [7, 11) is 0. The Labute approximate surface area is 178 Å². The number of amides is 1. The van der Waals surface area contributed by atoms with E-state index in [1.807, 2.05) is 36.1 Å². The molecule has 0 atom stereocenters. The molecule has 9 heteroatoms. The third-order valence-electron chi connectivity index (χ3n) is 4.92. The first kappa shape index (κ1) is 20.2. The SMILES string of the molecule is Cc1cccc(-c2n[nH]c(=S)n2CC(=O)Nc2ccc(N3CCOCC3)c(F)c2)c1. The van der Waals surface area contributed by atoms with Crippen LogP contribution in [-0.4, -0.2) is 47.0 Å². The maximum atomic E-state index is 14.6. The Hall–Kier alpha value is -3.04. The number of aromatic nitrogens is 3. The van der Waals surface area contributed by atoms with Gasteiger partial charge in [0, 0.05) is 24.3 Å². The van der Waals surface area contributed by atoms with Crippen LogP contribution in [0.2, 0.25) is 0 Å². The van der Waals surface area contributed by atoms with Gasteiger partial charge in [-0.05, 0) is 43.4 Å². The third kappa shape index (κ3) is 4.42. The van der Waals surface area contributed by atoms with E-state index in [0.717, 1.165) is 11.1 Å². The lowest BCUT2D eigenvalue weighted by Crippen LogP contribution is -2.36. The van der Waals surface area contributed by atoms with E-state index in [2.05, 4.69) is 15.5 Å². The summed E-state index contributed by atoms with van der Waals surface area (Å²) in [5.41, 5.74) is 2.83. The zero-order valence-corrected chi connectivity index (χ0v) is 17.3. The lowest BCUT2D eigenvalue weighted by atomic mass is 10.1. The minimum absolute atomic E-state index is 0.0363. The molecule has 0 radical (unpaired) electrons. The Balaban J connectivity index is 1.49. The molecule has 0 saturated carbocycles. The molecule has 2 heterocycles. The van der Waals surface area contributed by atoms with Crippen LogP contribution in [0.5, 0.6) is 0 Å². The highest BCUT2D eigenvalue weighted by molar-refractivity contribution is 7.71. The van der Waals surface area contributed by atoms with Crippen molar-refractivity contribution in [1.29, 1.82) is 0 Å². The minimum atomic E-state index is -0.380. The number of carbonyl (C=O) groups is 1. The Morgan fingerprint density at radius 3 is 2.80 bits per heavy atom. The fourth-order valence-corrected chi connectivity index (χ4v) is 3.66. The largest absolute Gasteiger partial charge is 0.378 e. The maximum absolute atomic E-state index is 14.6. The summed E-state index contributed by atoms with van der Waals surface area (Å²) < 4.78 is 21.9. The van der Waals surface area contributed by atoms with Crippen molar-refractivity contribution in [3.8, 4) is 11.4 Å². The topological polar surface area (TPSA) is 75.2 Å². The zero-order chi connectivity index (χ0) is 21.1. The second kappa shape index (κ2) is 8.76. The van der Waals surface area contributed by atoms with Gasteiger partial charge in [-0.2, -0.15) is 5.10 Å². The van der Waals surface area contributed by atoms with E-state index in [9.17, 15) is 9.18 Å². The van der Waals surface area contributed by atoms with Gasteiger partial charge in [-0.1, -0.05) is 23.8 Å². The highest BCUT2D eigenvalue weighted by Gasteiger charge is 2.17. The number of halogens is 1. The molecule has 1 fully saturated rings. The molecule has 3 aromatic rings. The normalized spacial score (nSPS) is 14.0. The van der Waals surface area contributed by atoms with Gasteiger partial charge in [0.05, 0.1) is 18.9 Å². The molecule has 0 spiro atoms. The fourth-order valence-electron chi connectivity index (χ4n) is 3.46. The van der Waals surface area contributed by atoms with Crippen LogP contribution >= 0.6 is 12.2 Å². The van der Waals surface area contributed by atoms with Crippen molar-refractivity contribution in [2.24, 2.45) is 0 Å². The van der Waals surface area contributed by atoms with Crippen LogP contribution in [0.3, 0.4) is 0 Å². The Morgan fingerprint density at radius 1 is 1.27 bits per heavy atom. The summed E-state index contributed by atoms with van der Waals surface area (Å²) in [5.74, 6) is -0.123. The Morgan fingerprint density at radius 2 is 2.07 bits per heavy atom. The smallest absolute Gasteiger partial charge is 0.244 e. The van der Waals surface area contributed by atoms with Gasteiger partial charge in [0.25, 0.3) is 0 Å². The monoisotopic (exact) mass is 427 g/mol. The molecule has 30 heavy (non-hydrogen) atoms. The van der Waals surface area contributed by atoms with Crippen molar-refractivity contribution in [3.05, 3.63) is 58.6 Å². The summed E-state index contributed by atoms with van der Waals surface area (Å²) in [5, 5.41) is 9.73. The van der Waals surface area contributed by atoms with Gasteiger partial charge in [-0.15, -0.1) is 0 Å². The van der Waals surface area contributed by atoms with Crippen molar-refractivity contribution >= 4 is 29.5 Å². The van der Waals surface area contributed by atoms with Crippen LogP contribution in [0, 0.1) is 17.5 Å². The standard InChI is InChI=1S/C21H22FN5O2S/c1-14-3-2-4-15(11-14)20-24-25-21(30)27(20)13-19(28)23-16-5-6-18(17(22)12-16)26-7-9-29-10-8-26/h2-6,11-12H,7-10,13H2,1H3,(H,23,28)(H,25,30). The molecule has 0 aliphatic carbocycles. The fraction of sp³-hybridized carbons (Fsp3) is 0.286. The van der Waals surface area contributed by atoms with E-state index in [4.69, 9.17) is 17.0 Å². The van der Waals surface area contributed by atoms with E-state index in [1.165, 1.54) is 6.07 Å². The number of hydrogen-bond acceptors (Lipinski definition) is 5. The lowest BCUT2D eigenvalue weighted by molar-refractivity contribution is -0.116. The molecule has 0 unspecified atom stereocenters. The number of rotatable bonds is 5. The highest BCUT2D eigenvalue weighted by Crippen LogP contribution is 2.24. The number of ether oxygens (including phenoxy) is 1. The van der Waals surface area contributed by atoms with Gasteiger partial charge in [0.2, 0.25) is 5.91 Å². The summed E-state index contributed by atoms with van der Waals surface area (Å²) in [6, 6.07) is 12.5. The molecule has 2 N–H and O–H groups in total. The first-order valence-corrected chi connectivity index (χ1v) is 10.1. The van der Waals surface area contributed by atoms with Gasteiger partial charge < -0.3 is 15.0 Å². The number of aryl methyl sites for hydroxylation is 1. The molecule has 4 rings (SSSR count). The number of hydrogen-bond donors (Lipinski definition) is 2. The molecule has 0 bridgehead atoms. The molecule has 7 nitrogen and oxygen atoms in total. The highest BCUT2D eigenvalue weighted by atomic mass is 32.1. The van der Waals surface area contributed by atoms with Gasteiger partial charge in [0.1, 0.15) is 12.4 Å². The van der Waals surface area contributed by atoms with Crippen LogP contribution < -0.4 is 10.2 Å². The number of nitrogens with one attached hydrogen (secondary N) is 2. The average Bonchev–Trinajstić information content (AvgIpc) is 3.09. The van der Waals surface area contributed by atoms with Crippen molar-refractivity contribution in [1.82, 2.24) is 14.8 Å². The first-order valence-electron chi connectivity index (χ1n) is 9.65. The van der Waals surface area contributed by atoms with E-state index in [1.54, 1.807) is 16.7 Å². The molecule has 156 valence electrons. The van der Waals surface area contributed by atoms with Crippen molar-refractivity contribution in [3.63, 3.8) is 0 Å². The quantitative estimate of drug-likeness (QED) is 0.610. The van der Waals surface area contributed by atoms with Crippen molar-refractivity contribution in [2.75, 3.05) is 36.5 Å². The number of nitrogens with zero attached hydrogens (tertiary/aromatic N) is 3. The predicted octanol–water partition coefficient (Wildman–Crippen LogP) is 3.53. The van der Waals surface area contributed by atoms with Crippen LogP contribution in [-0.2, 0) is 16.1 Å². The second-order valence-electron chi connectivity index (χ2n) is 7.12. The first-order chi connectivity index (χ1) is 14.5. The molecular formula is C21H22FN5O2S. The van der Waals surface area contributed by atoms with Crippen LogP contribution in [0.15, 0.2) is 42.5 Å². The van der Waals surface area contributed by atoms with E-state index >= 15 is 0 Å². The molecule has 1 aliphatic rings. The maximum Gasteiger partial charge on any atom is 0.244 e. The number of morpholine rings is 1. The zero-order valence-electron chi connectivity index (χ0n) is 16.5. The summed E-state index contributed by atoms with van der Waals surface area (Å²) in [6.45, 7) is 4.38. The lowest BCUT2D eigenvalue weighted by Gasteiger charge is -2.29. The van der Waals surface area contributed by atoms with Crippen LogP contribution in [0.25, 0.3) is 11.4 Å². The predicted molar refractivity (Wildman–Crippen MR) is 116 cm³/mol. The summed E-state index contributed by atoms with van der Waals surface area (Å²) >= 11 is 5.29. The number of H-pyrrole nitrogens is 1. The molecular weight excluding hydrogens is 405 g/mol. The molecule has 2 aromatic carbocycles. The number of carbonyl (C=O) groups excluding carboxylic acids is 1. The van der Waals surface area contributed by atoms with Crippen LogP contribution in [0.1, 0.15) is 5.56 Å². The summed E-state index contributed by atoms with van der Waals surface area (Å²) in [6.07, 6.45) is 0. The van der Waals surface area contributed by atoms with E-state index in [0.29, 0.717) is 48.3 Å². The summed E-state index contributed by atoms with van der Waals surface area (Å²) in [4.78, 5) is 14.5. The van der Waals surface area contributed by atoms with Gasteiger partial charge >= 0.3 is 0 Å². The number of anilines is 2. The molecule has 1 saturated heterocycles. The van der Waals surface area contributed by atoms with Gasteiger partial charge in [-0.25, -0.2) is 4.39 Å². The number of benzene rings is 2. The Kier molecular flexibility index (Phi) is 5.91. The van der Waals surface area contributed by atoms with Crippen molar-refractivity contribution < 1.29 is 13.9 Å². The molecule has 1 aromatic heterocycles. The minimum Gasteiger partial charge on any atom is -0.378 e. The number of aromatic amines is 1. The van der Waals surface area contributed by atoms with Crippen molar-refractivity contribution in [2.45, 2.75) is 13.5 Å². The van der Waals surface area contributed by atoms with Crippen LogP contribution in [0.4, 0.5) is 15.8 Å². The average molecular weight is 428 g/mol. The Bertz CT molecular complexity index is 1120. The van der Waals surface area contributed by atoms with E-state index < -0.39 is 0 Å². The molecule has 1 amide bonds. The second-order valence-corrected chi connectivity index (χ2v) is 7.51. The van der Waals surface area contributed by atoms with Gasteiger partial charge in [-0.3, -0.25) is 14.5 Å².